The third-order valence-corrected chi connectivity index (χ3v) is 2.72. The van der Waals surface area contributed by atoms with Crippen molar-refractivity contribution in [1.82, 2.24) is 20.3 Å². The van der Waals surface area contributed by atoms with E-state index in [0.29, 0.717) is 6.61 Å². The van der Waals surface area contributed by atoms with Gasteiger partial charge in [0.25, 0.3) is 0 Å². The van der Waals surface area contributed by atoms with Crippen LogP contribution in [0.5, 0.6) is 0 Å². The summed E-state index contributed by atoms with van der Waals surface area (Å²) in [6, 6.07) is 8.30. The minimum atomic E-state index is 0.654. The quantitative estimate of drug-likeness (QED) is 0.746. The number of aromatic nitrogens is 3. The Kier molecular flexibility index (Phi) is 4.87. The summed E-state index contributed by atoms with van der Waals surface area (Å²) in [5.41, 5.74) is 2.51. The van der Waals surface area contributed by atoms with E-state index in [1.165, 1.54) is 11.1 Å². The summed E-state index contributed by atoms with van der Waals surface area (Å²) in [6.45, 7) is 3.19. The molecule has 18 heavy (non-hydrogen) atoms. The summed E-state index contributed by atoms with van der Waals surface area (Å²) >= 11 is 0. The molecule has 5 heteroatoms. The van der Waals surface area contributed by atoms with Crippen LogP contribution in [-0.4, -0.2) is 28.6 Å². The van der Waals surface area contributed by atoms with Crippen LogP contribution in [-0.2, 0) is 24.4 Å². The fourth-order valence-electron chi connectivity index (χ4n) is 1.79. The first-order valence-electron chi connectivity index (χ1n) is 6.00. The van der Waals surface area contributed by atoms with Crippen molar-refractivity contribution in [3.8, 4) is 0 Å². The molecule has 0 unspecified atom stereocenters. The number of benzene rings is 1. The van der Waals surface area contributed by atoms with Gasteiger partial charge in [0.2, 0.25) is 0 Å². The normalized spacial score (nSPS) is 10.7. The van der Waals surface area contributed by atoms with E-state index >= 15 is 0 Å². The first-order chi connectivity index (χ1) is 8.90. The summed E-state index contributed by atoms with van der Waals surface area (Å²) in [4.78, 5) is 0. The van der Waals surface area contributed by atoms with Crippen LogP contribution in [0.25, 0.3) is 0 Å². The van der Waals surface area contributed by atoms with Gasteiger partial charge in [-0.05, 0) is 11.1 Å². The second-order valence-corrected chi connectivity index (χ2v) is 4.04. The van der Waals surface area contributed by atoms with Crippen LogP contribution in [0.1, 0.15) is 11.1 Å². The Morgan fingerprint density at radius 2 is 2.11 bits per heavy atom. The Bertz CT molecular complexity index is 456. The van der Waals surface area contributed by atoms with E-state index in [1.54, 1.807) is 13.3 Å². The van der Waals surface area contributed by atoms with E-state index in [2.05, 4.69) is 27.8 Å². The first kappa shape index (κ1) is 12.7. The number of nitrogens with one attached hydrogen (secondary N) is 1. The molecule has 0 saturated heterocycles. The number of ether oxygens (including phenoxy) is 1. The van der Waals surface area contributed by atoms with Gasteiger partial charge in [0.05, 0.1) is 19.3 Å². The van der Waals surface area contributed by atoms with E-state index in [0.717, 1.165) is 19.6 Å². The zero-order chi connectivity index (χ0) is 12.6. The third-order valence-electron chi connectivity index (χ3n) is 2.72. The zero-order valence-electron chi connectivity index (χ0n) is 10.5. The van der Waals surface area contributed by atoms with Gasteiger partial charge in [-0.3, -0.25) is 4.68 Å². The molecule has 1 aromatic carbocycles. The third kappa shape index (κ3) is 3.65. The molecular weight excluding hydrogens is 228 g/mol. The molecule has 0 aliphatic carbocycles. The Morgan fingerprint density at radius 3 is 2.83 bits per heavy atom. The highest BCUT2D eigenvalue weighted by Crippen LogP contribution is 2.09. The SMILES string of the molecule is COCc1ccccc1CNCCn1ccnn1. The largest absolute Gasteiger partial charge is 0.380 e. The standard InChI is InChI=1S/C13H18N4O/c1-18-11-13-5-3-2-4-12(13)10-14-6-8-17-9-7-15-16-17/h2-5,7,9,14H,6,8,10-11H2,1H3. The predicted molar refractivity (Wildman–Crippen MR) is 68.9 cm³/mol. The highest BCUT2D eigenvalue weighted by atomic mass is 16.5. The molecule has 0 amide bonds. The van der Waals surface area contributed by atoms with Crippen molar-refractivity contribution in [2.45, 2.75) is 19.7 Å². The molecule has 1 N–H and O–H groups in total. The molecule has 0 spiro atoms. The predicted octanol–water partition coefficient (Wildman–Crippen LogP) is 1.21. The van der Waals surface area contributed by atoms with Gasteiger partial charge in [-0.1, -0.05) is 29.5 Å². The van der Waals surface area contributed by atoms with Gasteiger partial charge < -0.3 is 10.1 Å². The van der Waals surface area contributed by atoms with Crippen molar-refractivity contribution < 1.29 is 4.74 Å². The lowest BCUT2D eigenvalue weighted by Crippen LogP contribution is -2.20. The fraction of sp³-hybridized carbons (Fsp3) is 0.385. The summed E-state index contributed by atoms with van der Waals surface area (Å²) in [6.07, 6.45) is 3.55. The molecule has 0 radical (unpaired) electrons. The van der Waals surface area contributed by atoms with Gasteiger partial charge in [-0.15, -0.1) is 5.10 Å². The van der Waals surface area contributed by atoms with E-state index < -0.39 is 0 Å². The number of hydrogen-bond acceptors (Lipinski definition) is 4. The van der Waals surface area contributed by atoms with E-state index in [1.807, 2.05) is 23.0 Å². The molecule has 96 valence electrons. The van der Waals surface area contributed by atoms with Gasteiger partial charge in [0.15, 0.2) is 0 Å². The van der Waals surface area contributed by atoms with Crippen molar-refractivity contribution >= 4 is 0 Å². The molecule has 0 saturated carbocycles. The monoisotopic (exact) mass is 246 g/mol. The molecule has 1 heterocycles. The summed E-state index contributed by atoms with van der Waals surface area (Å²) in [5.74, 6) is 0. The van der Waals surface area contributed by atoms with E-state index in [9.17, 15) is 0 Å². The zero-order valence-corrected chi connectivity index (χ0v) is 10.5. The number of rotatable bonds is 7. The van der Waals surface area contributed by atoms with Crippen LogP contribution in [0.2, 0.25) is 0 Å². The fourth-order valence-corrected chi connectivity index (χ4v) is 1.79. The van der Waals surface area contributed by atoms with Gasteiger partial charge >= 0.3 is 0 Å². The van der Waals surface area contributed by atoms with Crippen molar-refractivity contribution in [2.24, 2.45) is 0 Å². The van der Waals surface area contributed by atoms with Crippen molar-refractivity contribution in [3.63, 3.8) is 0 Å². The Labute approximate surface area is 107 Å². The van der Waals surface area contributed by atoms with Gasteiger partial charge in [0.1, 0.15) is 0 Å². The molecule has 0 bridgehead atoms. The number of hydrogen-bond donors (Lipinski definition) is 1. The summed E-state index contributed by atoms with van der Waals surface area (Å²) < 4.78 is 7.00. The smallest absolute Gasteiger partial charge is 0.0716 e. The van der Waals surface area contributed by atoms with Crippen molar-refractivity contribution in [3.05, 3.63) is 47.8 Å². The molecule has 2 aromatic rings. The van der Waals surface area contributed by atoms with Gasteiger partial charge in [-0.2, -0.15) is 0 Å². The molecule has 0 aliphatic heterocycles. The maximum atomic E-state index is 5.18. The van der Waals surface area contributed by atoms with E-state index in [-0.39, 0.29) is 0 Å². The molecular formula is C13H18N4O. The molecule has 0 fully saturated rings. The summed E-state index contributed by atoms with van der Waals surface area (Å²) in [7, 11) is 1.72. The molecule has 5 nitrogen and oxygen atoms in total. The number of nitrogens with zero attached hydrogens (tertiary/aromatic N) is 3. The lowest BCUT2D eigenvalue weighted by atomic mass is 10.1. The average Bonchev–Trinajstić information content (AvgIpc) is 2.90. The van der Waals surface area contributed by atoms with Crippen LogP contribution in [0.3, 0.4) is 0 Å². The molecule has 1 aromatic heterocycles. The lowest BCUT2D eigenvalue weighted by Gasteiger charge is -2.09. The Balaban J connectivity index is 1.79. The topological polar surface area (TPSA) is 52.0 Å². The maximum absolute atomic E-state index is 5.18. The van der Waals surface area contributed by atoms with Crippen LogP contribution in [0.15, 0.2) is 36.7 Å². The average molecular weight is 246 g/mol. The van der Waals surface area contributed by atoms with Crippen molar-refractivity contribution in [1.29, 1.82) is 0 Å². The molecule has 2 rings (SSSR count). The highest BCUT2D eigenvalue weighted by Gasteiger charge is 2.00. The maximum Gasteiger partial charge on any atom is 0.0716 e. The van der Waals surface area contributed by atoms with Crippen LogP contribution in [0, 0.1) is 0 Å². The number of methoxy groups -OCH3 is 1. The first-order valence-corrected chi connectivity index (χ1v) is 6.00. The second kappa shape index (κ2) is 6.88. The summed E-state index contributed by atoms with van der Waals surface area (Å²) in [5, 5.41) is 11.1. The second-order valence-electron chi connectivity index (χ2n) is 4.04. The van der Waals surface area contributed by atoms with Crippen LogP contribution < -0.4 is 5.32 Å². The minimum Gasteiger partial charge on any atom is -0.380 e. The Morgan fingerprint density at radius 1 is 1.28 bits per heavy atom. The van der Waals surface area contributed by atoms with Crippen LogP contribution in [0.4, 0.5) is 0 Å². The van der Waals surface area contributed by atoms with Gasteiger partial charge in [0, 0.05) is 26.4 Å². The van der Waals surface area contributed by atoms with Crippen LogP contribution >= 0.6 is 0 Å². The Hall–Kier alpha value is -1.72. The highest BCUT2D eigenvalue weighted by molar-refractivity contribution is 5.26. The lowest BCUT2D eigenvalue weighted by molar-refractivity contribution is 0.184. The molecule has 0 atom stereocenters. The minimum absolute atomic E-state index is 0.654. The van der Waals surface area contributed by atoms with Gasteiger partial charge in [-0.25, -0.2) is 0 Å². The molecule has 0 aliphatic rings. The van der Waals surface area contributed by atoms with E-state index in [4.69, 9.17) is 4.74 Å². The van der Waals surface area contributed by atoms with Crippen molar-refractivity contribution in [2.75, 3.05) is 13.7 Å².